The zero-order valence-electron chi connectivity index (χ0n) is 15.7. The minimum atomic E-state index is -0.308. The zero-order valence-corrected chi connectivity index (χ0v) is 15.7. The summed E-state index contributed by atoms with van der Waals surface area (Å²) < 4.78 is 6.17. The maximum Gasteiger partial charge on any atom is 0.331 e. The summed E-state index contributed by atoms with van der Waals surface area (Å²) in [4.78, 5) is 12.1. The van der Waals surface area contributed by atoms with E-state index < -0.39 is 0 Å². The van der Waals surface area contributed by atoms with Gasteiger partial charge in [-0.1, -0.05) is 12.5 Å². The van der Waals surface area contributed by atoms with Gasteiger partial charge in [0.25, 0.3) is 0 Å². The van der Waals surface area contributed by atoms with Gasteiger partial charge in [-0.25, -0.2) is 4.79 Å². The molecule has 6 rings (SSSR count). The maximum absolute atomic E-state index is 12.1. The molecular weight excluding hydrogens is 322 g/mol. The molecule has 1 heterocycles. The Morgan fingerprint density at radius 2 is 1.96 bits per heavy atom. The molecule has 1 aliphatic heterocycles. The number of esters is 1. The van der Waals surface area contributed by atoms with Crippen LogP contribution in [0.2, 0.25) is 0 Å². The van der Waals surface area contributed by atoms with Crippen LogP contribution in [0.1, 0.15) is 64.7 Å². The number of carbonyl (C=O) groups is 1. The molecule has 0 radical (unpaired) electrons. The first-order chi connectivity index (χ1) is 12.5. The molecule has 4 fully saturated rings. The molecule has 6 atom stereocenters. The van der Waals surface area contributed by atoms with Gasteiger partial charge in [0.15, 0.2) is 0 Å². The van der Waals surface area contributed by atoms with Crippen LogP contribution in [0.3, 0.4) is 0 Å². The third kappa shape index (κ3) is 1.67. The van der Waals surface area contributed by atoms with Crippen LogP contribution in [0.5, 0.6) is 0 Å². The molecule has 0 amide bonds. The Bertz CT molecular complexity index is 775. The second kappa shape index (κ2) is 4.72. The smallest absolute Gasteiger partial charge is 0.331 e. The number of allylic oxidation sites excluding steroid dienone is 2. The van der Waals surface area contributed by atoms with Crippen LogP contribution in [-0.2, 0) is 9.53 Å². The molecule has 0 aromatic rings. The van der Waals surface area contributed by atoms with E-state index in [1.54, 1.807) is 11.6 Å². The van der Waals surface area contributed by atoms with E-state index in [4.69, 9.17) is 10.1 Å². The summed E-state index contributed by atoms with van der Waals surface area (Å²) in [6.07, 6.45) is 16.9. The average Bonchev–Trinajstić information content (AvgIpc) is 3.24. The second-order valence-corrected chi connectivity index (χ2v) is 10.3. The second-order valence-electron chi connectivity index (χ2n) is 10.3. The van der Waals surface area contributed by atoms with E-state index in [9.17, 15) is 4.79 Å². The first kappa shape index (κ1) is 15.7. The Morgan fingerprint density at radius 1 is 1.12 bits per heavy atom. The van der Waals surface area contributed by atoms with Gasteiger partial charge in [0.1, 0.15) is 5.60 Å². The molecule has 1 N–H and O–H groups in total. The predicted octanol–water partition coefficient (Wildman–Crippen LogP) is 4.82. The molecule has 138 valence electrons. The summed E-state index contributed by atoms with van der Waals surface area (Å²) in [7, 11) is 0. The topological polar surface area (TPSA) is 50.2 Å². The lowest BCUT2D eigenvalue weighted by atomic mass is 9.50. The van der Waals surface area contributed by atoms with Gasteiger partial charge >= 0.3 is 5.97 Å². The highest BCUT2D eigenvalue weighted by atomic mass is 16.6. The van der Waals surface area contributed by atoms with Crippen molar-refractivity contribution >= 4 is 11.7 Å². The van der Waals surface area contributed by atoms with E-state index in [1.165, 1.54) is 51.4 Å². The molecule has 0 aromatic heterocycles. The Hall–Kier alpha value is -1.38. The van der Waals surface area contributed by atoms with Crippen molar-refractivity contribution in [3.63, 3.8) is 0 Å². The third-order valence-electron chi connectivity index (χ3n) is 9.54. The van der Waals surface area contributed by atoms with Crippen molar-refractivity contribution in [2.75, 3.05) is 0 Å². The highest BCUT2D eigenvalue weighted by molar-refractivity contribution is 5.93. The monoisotopic (exact) mass is 351 g/mol. The van der Waals surface area contributed by atoms with Gasteiger partial charge < -0.3 is 10.1 Å². The standard InChI is InChI=1S/C23H29NO2/c1-21-8-6-17-16-5-3-15(24)12-14(16)2-4-18(17)19(21)13-22(10-11-22)23(21)9-7-20(25)26-23/h7,9,12,16-19,24H,2-6,8,10-11,13H2,1H3/t16?,17?,18?,19?,21-,23+/m0/s1. The number of carbonyl (C=O) groups excluding carboxylic acids is 1. The van der Waals surface area contributed by atoms with E-state index >= 15 is 0 Å². The molecule has 0 saturated heterocycles. The van der Waals surface area contributed by atoms with Gasteiger partial charge in [-0.2, -0.15) is 0 Å². The molecule has 4 saturated carbocycles. The first-order valence-corrected chi connectivity index (χ1v) is 10.7. The Morgan fingerprint density at radius 3 is 2.69 bits per heavy atom. The lowest BCUT2D eigenvalue weighted by Gasteiger charge is -2.55. The molecule has 0 aromatic carbocycles. The van der Waals surface area contributed by atoms with Gasteiger partial charge in [-0.05, 0) is 93.6 Å². The van der Waals surface area contributed by atoms with Gasteiger partial charge in [0.05, 0.1) is 0 Å². The summed E-state index contributed by atoms with van der Waals surface area (Å²) in [6, 6.07) is 0. The third-order valence-corrected chi connectivity index (χ3v) is 9.54. The first-order valence-electron chi connectivity index (χ1n) is 10.7. The van der Waals surface area contributed by atoms with Crippen LogP contribution in [0.15, 0.2) is 23.8 Å². The van der Waals surface area contributed by atoms with E-state index in [-0.39, 0.29) is 22.4 Å². The number of nitrogens with one attached hydrogen (secondary N) is 1. The van der Waals surface area contributed by atoms with Gasteiger partial charge in [0.2, 0.25) is 0 Å². The highest BCUT2D eigenvalue weighted by Gasteiger charge is 2.77. The van der Waals surface area contributed by atoms with Crippen molar-refractivity contribution in [2.45, 2.75) is 70.3 Å². The number of rotatable bonds is 0. The van der Waals surface area contributed by atoms with Crippen molar-refractivity contribution < 1.29 is 9.53 Å². The largest absolute Gasteiger partial charge is 0.450 e. The van der Waals surface area contributed by atoms with Crippen molar-refractivity contribution in [3.8, 4) is 0 Å². The van der Waals surface area contributed by atoms with Crippen LogP contribution >= 0.6 is 0 Å². The maximum atomic E-state index is 12.1. The molecule has 5 aliphatic carbocycles. The molecule has 3 heteroatoms. The number of hydrogen-bond donors (Lipinski definition) is 1. The fraction of sp³-hybridized carbons (Fsp3) is 0.739. The van der Waals surface area contributed by atoms with E-state index in [0.29, 0.717) is 5.92 Å². The number of fused-ring (bicyclic) bond motifs is 7. The van der Waals surface area contributed by atoms with E-state index in [0.717, 1.165) is 29.9 Å². The Balaban J connectivity index is 1.39. The van der Waals surface area contributed by atoms with Crippen LogP contribution in [0, 0.1) is 39.9 Å². The van der Waals surface area contributed by atoms with Crippen molar-refractivity contribution in [2.24, 2.45) is 34.5 Å². The van der Waals surface area contributed by atoms with Gasteiger partial charge in [-0.3, -0.25) is 0 Å². The normalized spacial score (nSPS) is 50.3. The minimum absolute atomic E-state index is 0.111. The average molecular weight is 351 g/mol. The lowest BCUT2D eigenvalue weighted by Crippen LogP contribution is -2.54. The van der Waals surface area contributed by atoms with Crippen LogP contribution in [-0.4, -0.2) is 17.3 Å². The highest BCUT2D eigenvalue weighted by Crippen LogP contribution is 2.78. The Labute approximate surface area is 155 Å². The van der Waals surface area contributed by atoms with E-state index in [1.807, 2.05) is 0 Å². The Kier molecular flexibility index (Phi) is 2.84. The quantitative estimate of drug-likeness (QED) is 0.636. The summed E-state index contributed by atoms with van der Waals surface area (Å²) in [5, 5.41) is 8.05. The zero-order chi connectivity index (χ0) is 17.7. The van der Waals surface area contributed by atoms with Gasteiger partial charge in [-0.15, -0.1) is 0 Å². The molecule has 2 spiro atoms. The number of hydrogen-bond acceptors (Lipinski definition) is 3. The van der Waals surface area contributed by atoms with Crippen LogP contribution in [0.4, 0.5) is 0 Å². The van der Waals surface area contributed by atoms with Crippen molar-refractivity contribution in [3.05, 3.63) is 23.8 Å². The van der Waals surface area contributed by atoms with E-state index in [2.05, 4.69) is 19.1 Å². The lowest BCUT2D eigenvalue weighted by molar-refractivity contribution is -0.168. The molecule has 0 bridgehead atoms. The predicted molar refractivity (Wildman–Crippen MR) is 99.8 cm³/mol. The van der Waals surface area contributed by atoms with Crippen LogP contribution in [0.25, 0.3) is 0 Å². The van der Waals surface area contributed by atoms with Gasteiger partial charge in [0, 0.05) is 22.6 Å². The molecular formula is C23H29NO2. The minimum Gasteiger partial charge on any atom is -0.450 e. The molecule has 4 unspecified atom stereocenters. The molecule has 6 aliphatic rings. The van der Waals surface area contributed by atoms with Crippen molar-refractivity contribution in [1.29, 1.82) is 5.41 Å². The fourth-order valence-electron chi connectivity index (χ4n) is 8.28. The summed E-state index contributed by atoms with van der Waals surface area (Å²) in [6.45, 7) is 2.45. The SMILES string of the molecule is C[C@]12CCC3C4CCC(=N)C=C4CCC3C1CC1(CC1)[C@@]21C=CC(=O)O1. The van der Waals surface area contributed by atoms with Crippen molar-refractivity contribution in [1.82, 2.24) is 0 Å². The fourth-order valence-corrected chi connectivity index (χ4v) is 8.28. The molecule has 3 nitrogen and oxygen atoms in total. The molecule has 26 heavy (non-hydrogen) atoms. The summed E-state index contributed by atoms with van der Waals surface area (Å²) in [5.41, 5.74) is 2.48. The number of ether oxygens (including phenoxy) is 1. The summed E-state index contributed by atoms with van der Waals surface area (Å²) >= 11 is 0. The summed E-state index contributed by atoms with van der Waals surface area (Å²) in [5.74, 6) is 2.89. The van der Waals surface area contributed by atoms with Crippen LogP contribution < -0.4 is 0 Å².